The first kappa shape index (κ1) is 16.2. The Hall–Kier alpha value is -2.15. The molecule has 0 amide bonds. The number of hydrogen-bond donors (Lipinski definition) is 1. The smallest absolute Gasteiger partial charge is 0.222 e. The number of nitrogens with one attached hydrogen (secondary N) is 1. The lowest BCUT2D eigenvalue weighted by Gasteiger charge is -2.18. The number of hydrogen-bond acceptors (Lipinski definition) is 6. The second-order valence-electron chi connectivity index (χ2n) is 5.15. The average Bonchev–Trinajstić information content (AvgIpc) is 2.88. The van der Waals surface area contributed by atoms with Crippen LogP contribution in [0, 0.1) is 13.8 Å². The van der Waals surface area contributed by atoms with Crippen LogP contribution in [0.2, 0.25) is 0 Å². The molecule has 0 spiro atoms. The SMILES string of the molecule is CCC(COC)Oc1nc(C)nc(Nc2ccn(C)n2)c1C. The number of aromatic nitrogens is 4. The summed E-state index contributed by atoms with van der Waals surface area (Å²) in [7, 11) is 3.53. The summed E-state index contributed by atoms with van der Waals surface area (Å²) in [4.78, 5) is 8.83. The summed E-state index contributed by atoms with van der Waals surface area (Å²) < 4.78 is 12.9. The molecule has 2 heterocycles. The third-order valence-corrected chi connectivity index (χ3v) is 3.26. The van der Waals surface area contributed by atoms with Crippen molar-refractivity contribution >= 4 is 11.6 Å². The number of methoxy groups -OCH3 is 1. The maximum Gasteiger partial charge on any atom is 0.222 e. The van der Waals surface area contributed by atoms with Crippen LogP contribution in [-0.4, -0.2) is 39.6 Å². The summed E-state index contributed by atoms with van der Waals surface area (Å²) in [6.07, 6.45) is 2.69. The molecule has 1 atom stereocenters. The quantitative estimate of drug-likeness (QED) is 0.846. The Morgan fingerprint density at radius 1 is 1.32 bits per heavy atom. The zero-order chi connectivity index (χ0) is 16.1. The molecule has 0 aromatic carbocycles. The lowest BCUT2D eigenvalue weighted by atomic mass is 10.2. The van der Waals surface area contributed by atoms with Gasteiger partial charge in [-0.25, -0.2) is 4.98 Å². The van der Waals surface area contributed by atoms with Gasteiger partial charge in [0.05, 0.1) is 12.2 Å². The molecule has 0 saturated carbocycles. The highest BCUT2D eigenvalue weighted by Crippen LogP contribution is 2.25. The fraction of sp³-hybridized carbons (Fsp3) is 0.533. The van der Waals surface area contributed by atoms with Crippen LogP contribution in [0.4, 0.5) is 11.6 Å². The van der Waals surface area contributed by atoms with Gasteiger partial charge in [-0.3, -0.25) is 4.68 Å². The fourth-order valence-electron chi connectivity index (χ4n) is 2.02. The topological polar surface area (TPSA) is 74.1 Å². The van der Waals surface area contributed by atoms with Crippen LogP contribution in [0.15, 0.2) is 12.3 Å². The van der Waals surface area contributed by atoms with E-state index >= 15 is 0 Å². The van der Waals surface area contributed by atoms with Crippen molar-refractivity contribution in [2.45, 2.75) is 33.3 Å². The maximum atomic E-state index is 5.96. The van der Waals surface area contributed by atoms with Crippen molar-refractivity contribution in [3.05, 3.63) is 23.7 Å². The van der Waals surface area contributed by atoms with Gasteiger partial charge in [-0.05, 0) is 20.3 Å². The van der Waals surface area contributed by atoms with E-state index in [0.717, 1.165) is 17.8 Å². The van der Waals surface area contributed by atoms with E-state index in [0.29, 0.717) is 24.1 Å². The van der Waals surface area contributed by atoms with Gasteiger partial charge in [0.25, 0.3) is 0 Å². The summed E-state index contributed by atoms with van der Waals surface area (Å²) in [6.45, 7) is 6.36. The molecule has 2 aromatic heterocycles. The summed E-state index contributed by atoms with van der Waals surface area (Å²) in [5, 5.41) is 7.50. The normalized spacial score (nSPS) is 12.2. The first-order chi connectivity index (χ1) is 10.5. The lowest BCUT2D eigenvalue weighted by molar-refractivity contribution is 0.0750. The standard InChI is InChI=1S/C15H23N5O2/c1-6-12(9-21-5)22-15-10(2)14(16-11(3)17-15)18-13-7-8-20(4)19-13/h7-8,12H,6,9H2,1-5H3,(H,16,17,18,19). The van der Waals surface area contributed by atoms with Crippen LogP contribution in [-0.2, 0) is 11.8 Å². The third kappa shape index (κ3) is 3.94. The van der Waals surface area contributed by atoms with Crippen molar-refractivity contribution in [2.24, 2.45) is 7.05 Å². The minimum atomic E-state index is -0.0271. The largest absolute Gasteiger partial charge is 0.472 e. The molecule has 0 aliphatic heterocycles. The van der Waals surface area contributed by atoms with Crippen LogP contribution >= 0.6 is 0 Å². The van der Waals surface area contributed by atoms with Gasteiger partial charge in [0.1, 0.15) is 17.7 Å². The van der Waals surface area contributed by atoms with Crippen LogP contribution in [0.3, 0.4) is 0 Å². The van der Waals surface area contributed by atoms with E-state index in [1.165, 1.54) is 0 Å². The van der Waals surface area contributed by atoms with E-state index in [9.17, 15) is 0 Å². The zero-order valence-electron chi connectivity index (χ0n) is 13.8. The van der Waals surface area contributed by atoms with E-state index in [-0.39, 0.29) is 6.10 Å². The van der Waals surface area contributed by atoms with Gasteiger partial charge >= 0.3 is 0 Å². The summed E-state index contributed by atoms with van der Waals surface area (Å²) in [6, 6.07) is 1.89. The molecule has 0 aliphatic rings. The molecule has 1 N–H and O–H groups in total. The molecular formula is C15H23N5O2. The van der Waals surface area contributed by atoms with Gasteiger partial charge in [0, 0.05) is 26.4 Å². The molecule has 0 fully saturated rings. The van der Waals surface area contributed by atoms with Gasteiger partial charge < -0.3 is 14.8 Å². The highest BCUT2D eigenvalue weighted by molar-refractivity contribution is 5.57. The highest BCUT2D eigenvalue weighted by atomic mass is 16.5. The van der Waals surface area contributed by atoms with Gasteiger partial charge in [0.2, 0.25) is 5.88 Å². The van der Waals surface area contributed by atoms with E-state index in [1.807, 2.05) is 33.2 Å². The molecule has 120 valence electrons. The molecule has 0 radical (unpaired) electrons. The molecule has 0 bridgehead atoms. The van der Waals surface area contributed by atoms with Gasteiger partial charge in [-0.15, -0.1) is 0 Å². The molecule has 7 nitrogen and oxygen atoms in total. The fourth-order valence-corrected chi connectivity index (χ4v) is 2.02. The van der Waals surface area contributed by atoms with Crippen molar-refractivity contribution in [2.75, 3.05) is 19.0 Å². The molecule has 2 aromatic rings. The Bertz CT molecular complexity index is 626. The van der Waals surface area contributed by atoms with E-state index in [4.69, 9.17) is 9.47 Å². The molecule has 2 rings (SSSR count). The second-order valence-corrected chi connectivity index (χ2v) is 5.15. The van der Waals surface area contributed by atoms with Gasteiger partial charge in [-0.2, -0.15) is 10.1 Å². The lowest BCUT2D eigenvalue weighted by Crippen LogP contribution is -2.22. The van der Waals surface area contributed by atoms with E-state index in [2.05, 4.69) is 27.3 Å². The van der Waals surface area contributed by atoms with Gasteiger partial charge in [0.15, 0.2) is 5.82 Å². The highest BCUT2D eigenvalue weighted by Gasteiger charge is 2.15. The molecule has 0 saturated heterocycles. The molecule has 7 heteroatoms. The average molecular weight is 305 g/mol. The number of anilines is 2. The molecule has 0 aliphatic carbocycles. The summed E-state index contributed by atoms with van der Waals surface area (Å²) >= 11 is 0. The minimum absolute atomic E-state index is 0.0271. The molecular weight excluding hydrogens is 282 g/mol. The number of rotatable bonds is 7. The van der Waals surface area contributed by atoms with E-state index < -0.39 is 0 Å². The number of aryl methyl sites for hydroxylation is 2. The van der Waals surface area contributed by atoms with E-state index in [1.54, 1.807) is 11.8 Å². The molecule has 22 heavy (non-hydrogen) atoms. The van der Waals surface area contributed by atoms with Crippen molar-refractivity contribution in [3.63, 3.8) is 0 Å². The Balaban J connectivity index is 2.24. The summed E-state index contributed by atoms with van der Waals surface area (Å²) in [5.41, 5.74) is 0.853. The van der Waals surface area contributed by atoms with Crippen molar-refractivity contribution in [3.8, 4) is 5.88 Å². The van der Waals surface area contributed by atoms with Crippen LogP contribution in [0.1, 0.15) is 24.7 Å². The van der Waals surface area contributed by atoms with Crippen LogP contribution in [0.5, 0.6) is 5.88 Å². The maximum absolute atomic E-state index is 5.96. The first-order valence-corrected chi connectivity index (χ1v) is 7.31. The predicted octanol–water partition coefficient (Wildman–Crippen LogP) is 2.37. The Morgan fingerprint density at radius 3 is 2.68 bits per heavy atom. The Labute approximate surface area is 130 Å². The number of nitrogens with zero attached hydrogens (tertiary/aromatic N) is 4. The zero-order valence-corrected chi connectivity index (χ0v) is 13.8. The minimum Gasteiger partial charge on any atom is -0.472 e. The molecule has 1 unspecified atom stereocenters. The summed E-state index contributed by atoms with van der Waals surface area (Å²) in [5.74, 6) is 2.66. The Morgan fingerprint density at radius 2 is 2.09 bits per heavy atom. The van der Waals surface area contributed by atoms with Crippen LogP contribution < -0.4 is 10.1 Å². The Kier molecular flexibility index (Phi) is 5.32. The third-order valence-electron chi connectivity index (χ3n) is 3.26. The van der Waals surface area contributed by atoms with Crippen molar-refractivity contribution in [1.82, 2.24) is 19.7 Å². The number of ether oxygens (including phenoxy) is 2. The monoisotopic (exact) mass is 305 g/mol. The van der Waals surface area contributed by atoms with Crippen molar-refractivity contribution in [1.29, 1.82) is 0 Å². The van der Waals surface area contributed by atoms with Gasteiger partial charge in [-0.1, -0.05) is 6.92 Å². The van der Waals surface area contributed by atoms with Crippen molar-refractivity contribution < 1.29 is 9.47 Å². The predicted molar refractivity (Wildman–Crippen MR) is 84.6 cm³/mol. The second kappa shape index (κ2) is 7.22. The van der Waals surface area contributed by atoms with Crippen LogP contribution in [0.25, 0.3) is 0 Å². The first-order valence-electron chi connectivity index (χ1n) is 7.31.